The minimum atomic E-state index is -3.59. The molecule has 8 heteroatoms. The Hall–Kier alpha value is -1.87. The van der Waals surface area contributed by atoms with Gasteiger partial charge in [-0.3, -0.25) is 4.79 Å². The largest absolute Gasteiger partial charge is 0.322 e. The van der Waals surface area contributed by atoms with Crippen molar-refractivity contribution in [1.82, 2.24) is 9.21 Å². The van der Waals surface area contributed by atoms with Crippen LogP contribution in [0.4, 0.5) is 0 Å². The van der Waals surface area contributed by atoms with E-state index in [1.807, 2.05) is 52.7 Å². The van der Waals surface area contributed by atoms with E-state index < -0.39 is 10.0 Å². The lowest BCUT2D eigenvalue weighted by atomic mass is 10.0. The second-order valence-electron chi connectivity index (χ2n) is 7.61. The summed E-state index contributed by atoms with van der Waals surface area (Å²) in [5.41, 5.74) is 0. The van der Waals surface area contributed by atoms with Gasteiger partial charge in [-0.1, -0.05) is 42.5 Å². The maximum Gasteiger partial charge on any atom is 0.265 e. The van der Waals surface area contributed by atoms with Gasteiger partial charge in [0.25, 0.3) is 5.91 Å². The lowest BCUT2D eigenvalue weighted by Gasteiger charge is -2.43. The average Bonchev–Trinajstić information content (AvgIpc) is 3.44. The number of nitrogens with zero attached hydrogens (tertiary/aromatic N) is 2. The molecule has 0 radical (unpaired) electrons. The van der Waals surface area contributed by atoms with Crippen LogP contribution in [0.2, 0.25) is 0 Å². The zero-order valence-electron chi connectivity index (χ0n) is 16.4. The lowest BCUT2D eigenvalue weighted by Crippen LogP contribution is -2.53. The molecule has 0 bridgehead atoms. The maximum atomic E-state index is 13.4. The summed E-state index contributed by atoms with van der Waals surface area (Å²) in [6.07, 6.45) is 1.30. The molecule has 3 heterocycles. The molecule has 5 rings (SSSR count). The molecule has 156 valence electrons. The molecule has 1 spiro atoms. The molecule has 2 aliphatic rings. The highest BCUT2D eigenvalue weighted by molar-refractivity contribution is 8.00. The summed E-state index contributed by atoms with van der Waals surface area (Å²) in [4.78, 5) is 15.8. The molecular formula is C22H22N2O3S3. The van der Waals surface area contributed by atoms with Crippen molar-refractivity contribution in [2.75, 3.05) is 25.4 Å². The summed E-state index contributed by atoms with van der Waals surface area (Å²) in [5, 5.41) is 3.60. The predicted molar refractivity (Wildman–Crippen MR) is 122 cm³/mol. The van der Waals surface area contributed by atoms with Crippen LogP contribution in [0, 0.1) is 0 Å². The summed E-state index contributed by atoms with van der Waals surface area (Å²) in [6, 6.07) is 16.8. The molecule has 0 atom stereocenters. The van der Waals surface area contributed by atoms with Crippen LogP contribution in [0.25, 0.3) is 10.8 Å². The van der Waals surface area contributed by atoms with Gasteiger partial charge >= 0.3 is 0 Å². The number of rotatable bonds is 3. The Morgan fingerprint density at radius 1 is 0.933 bits per heavy atom. The minimum Gasteiger partial charge on any atom is -0.322 e. The molecule has 0 N–H and O–H groups in total. The van der Waals surface area contributed by atoms with Crippen LogP contribution in [0.3, 0.4) is 0 Å². The molecule has 30 heavy (non-hydrogen) atoms. The van der Waals surface area contributed by atoms with Gasteiger partial charge in [-0.25, -0.2) is 8.42 Å². The SMILES string of the molecule is O=C(c1cccs1)N1CCSC12CCN(S(=O)(=O)c1cccc3ccccc13)CC2. The Labute approximate surface area is 184 Å². The summed E-state index contributed by atoms with van der Waals surface area (Å²) in [6.45, 7) is 1.57. The zero-order chi connectivity index (χ0) is 20.8. The third-order valence-corrected chi connectivity index (χ3v) is 10.4. The van der Waals surface area contributed by atoms with Crippen molar-refractivity contribution in [2.45, 2.75) is 22.6 Å². The number of carbonyl (C=O) groups is 1. The molecule has 3 aromatic rings. The van der Waals surface area contributed by atoms with Gasteiger partial charge in [0.1, 0.15) is 0 Å². The number of thioether (sulfide) groups is 1. The van der Waals surface area contributed by atoms with Crippen molar-refractivity contribution in [2.24, 2.45) is 0 Å². The van der Waals surface area contributed by atoms with Gasteiger partial charge in [0.2, 0.25) is 10.0 Å². The fourth-order valence-electron chi connectivity index (χ4n) is 4.48. The predicted octanol–water partition coefficient (Wildman–Crippen LogP) is 4.27. The summed E-state index contributed by atoms with van der Waals surface area (Å²) in [5.74, 6) is 0.966. The molecule has 2 saturated heterocycles. The highest BCUT2D eigenvalue weighted by atomic mass is 32.2. The van der Waals surface area contributed by atoms with E-state index in [1.165, 1.54) is 11.3 Å². The highest BCUT2D eigenvalue weighted by Gasteiger charge is 2.48. The first kappa shape index (κ1) is 20.1. The van der Waals surface area contributed by atoms with Gasteiger partial charge in [0.15, 0.2) is 0 Å². The van der Waals surface area contributed by atoms with Crippen LogP contribution in [0.15, 0.2) is 64.9 Å². The summed E-state index contributed by atoms with van der Waals surface area (Å²) >= 11 is 3.26. The fourth-order valence-corrected chi connectivity index (χ4v) is 8.26. The van der Waals surface area contributed by atoms with Crippen molar-refractivity contribution in [1.29, 1.82) is 0 Å². The molecule has 0 unspecified atom stereocenters. The molecule has 5 nitrogen and oxygen atoms in total. The smallest absolute Gasteiger partial charge is 0.265 e. The third kappa shape index (κ3) is 3.26. The Balaban J connectivity index is 1.39. The van der Waals surface area contributed by atoms with Crippen molar-refractivity contribution in [3.63, 3.8) is 0 Å². The monoisotopic (exact) mass is 458 g/mol. The second-order valence-corrected chi connectivity index (χ2v) is 11.9. The molecule has 0 saturated carbocycles. The van der Waals surface area contributed by atoms with Crippen molar-refractivity contribution >= 4 is 49.8 Å². The number of amides is 1. The minimum absolute atomic E-state index is 0.0698. The molecule has 2 aliphatic heterocycles. The molecule has 1 amide bonds. The molecule has 1 aromatic heterocycles. The first-order valence-electron chi connectivity index (χ1n) is 9.99. The zero-order valence-corrected chi connectivity index (χ0v) is 18.8. The van der Waals surface area contributed by atoms with Crippen molar-refractivity contribution < 1.29 is 13.2 Å². The van der Waals surface area contributed by atoms with Crippen LogP contribution >= 0.6 is 23.1 Å². The number of benzene rings is 2. The number of thiophene rings is 1. The molecule has 0 aliphatic carbocycles. The topological polar surface area (TPSA) is 57.7 Å². The standard InChI is InChI=1S/C22H22N2O3S3/c25-21(19-8-4-15-28-19)24-14-16-29-22(24)10-12-23(13-11-22)30(26,27)20-9-3-6-17-5-1-2-7-18(17)20/h1-9,15H,10-14,16H2. The van der Waals surface area contributed by atoms with Gasteiger partial charge in [-0.05, 0) is 35.7 Å². The van der Waals surface area contributed by atoms with Crippen LogP contribution in [-0.2, 0) is 10.0 Å². The molecular weight excluding hydrogens is 436 g/mol. The fraction of sp³-hybridized carbons (Fsp3) is 0.318. The van der Waals surface area contributed by atoms with Gasteiger partial charge in [0, 0.05) is 30.8 Å². The van der Waals surface area contributed by atoms with Gasteiger partial charge < -0.3 is 4.90 Å². The van der Waals surface area contributed by atoms with Crippen LogP contribution in [-0.4, -0.2) is 53.8 Å². The lowest BCUT2D eigenvalue weighted by molar-refractivity contribution is 0.0610. The quantitative estimate of drug-likeness (QED) is 0.588. The van der Waals surface area contributed by atoms with E-state index in [4.69, 9.17) is 0 Å². The van der Waals surface area contributed by atoms with Crippen LogP contribution in [0.5, 0.6) is 0 Å². The Morgan fingerprint density at radius 2 is 1.70 bits per heavy atom. The maximum absolute atomic E-state index is 13.4. The molecule has 2 fully saturated rings. The Kier molecular flexibility index (Phi) is 5.13. The highest BCUT2D eigenvalue weighted by Crippen LogP contribution is 2.45. The number of piperidine rings is 1. The summed E-state index contributed by atoms with van der Waals surface area (Å²) < 4.78 is 28.5. The van der Waals surface area contributed by atoms with E-state index in [-0.39, 0.29) is 10.8 Å². The number of carbonyl (C=O) groups excluding carboxylic acids is 1. The number of hydrogen-bond acceptors (Lipinski definition) is 5. The average molecular weight is 459 g/mol. The van der Waals surface area contributed by atoms with Crippen molar-refractivity contribution in [3.05, 3.63) is 64.9 Å². The first-order chi connectivity index (χ1) is 14.5. The third-order valence-electron chi connectivity index (χ3n) is 6.03. The van der Waals surface area contributed by atoms with Gasteiger partial charge in [-0.15, -0.1) is 23.1 Å². The van der Waals surface area contributed by atoms with E-state index in [0.29, 0.717) is 30.8 Å². The van der Waals surface area contributed by atoms with Crippen LogP contribution in [0.1, 0.15) is 22.5 Å². The van der Waals surface area contributed by atoms with Crippen LogP contribution < -0.4 is 0 Å². The van der Waals surface area contributed by atoms with E-state index >= 15 is 0 Å². The Morgan fingerprint density at radius 3 is 2.47 bits per heavy atom. The Bertz CT molecular complexity index is 1180. The molecule has 2 aromatic carbocycles. The van der Waals surface area contributed by atoms with E-state index in [0.717, 1.165) is 27.9 Å². The van der Waals surface area contributed by atoms with E-state index in [2.05, 4.69) is 0 Å². The number of sulfonamides is 1. The first-order valence-corrected chi connectivity index (χ1v) is 13.3. The number of hydrogen-bond donors (Lipinski definition) is 0. The van der Waals surface area contributed by atoms with Gasteiger partial charge in [0.05, 0.1) is 14.6 Å². The van der Waals surface area contributed by atoms with E-state index in [1.54, 1.807) is 28.2 Å². The second kappa shape index (κ2) is 7.67. The number of fused-ring (bicyclic) bond motifs is 1. The van der Waals surface area contributed by atoms with E-state index in [9.17, 15) is 13.2 Å². The normalized spacial score (nSPS) is 19.5. The van der Waals surface area contributed by atoms with Crippen molar-refractivity contribution in [3.8, 4) is 0 Å². The van der Waals surface area contributed by atoms with Gasteiger partial charge in [-0.2, -0.15) is 4.31 Å². The summed E-state index contributed by atoms with van der Waals surface area (Å²) in [7, 11) is -3.59.